The second kappa shape index (κ2) is 11.2. The number of hydrogen-bond donors (Lipinski definition) is 2. The van der Waals surface area contributed by atoms with Gasteiger partial charge in [-0.05, 0) is 60.7 Å². The number of primary amides is 1. The van der Waals surface area contributed by atoms with Crippen LogP contribution < -0.4 is 15.8 Å². The van der Waals surface area contributed by atoms with Crippen molar-refractivity contribution in [1.82, 2.24) is 5.32 Å². The number of carbonyl (C=O) groups excluding carboxylic acids is 1. The summed E-state index contributed by atoms with van der Waals surface area (Å²) < 4.78 is 94.7. The van der Waals surface area contributed by atoms with Crippen molar-refractivity contribution in [3.05, 3.63) is 100 Å². The van der Waals surface area contributed by atoms with E-state index in [1.165, 1.54) is 18.2 Å². The molecule has 1 amide bonds. The molecule has 0 heterocycles. The van der Waals surface area contributed by atoms with Gasteiger partial charge in [0.2, 0.25) is 5.91 Å². The Hall–Kier alpha value is -3.60. The molecule has 198 valence electrons. The summed E-state index contributed by atoms with van der Waals surface area (Å²) in [5.74, 6) is -3.07. The van der Waals surface area contributed by atoms with Gasteiger partial charge in [-0.15, -0.1) is 13.2 Å². The predicted molar refractivity (Wildman–Crippen MR) is 122 cm³/mol. The molecule has 3 rings (SSSR count). The quantitative estimate of drug-likeness (QED) is 0.310. The second-order valence-electron chi connectivity index (χ2n) is 8.44. The number of ether oxygens (including phenoxy) is 1. The lowest BCUT2D eigenvalue weighted by Crippen LogP contribution is -2.36. The van der Waals surface area contributed by atoms with Crippen LogP contribution in [0.4, 0.5) is 30.7 Å². The molecule has 2 atom stereocenters. The summed E-state index contributed by atoms with van der Waals surface area (Å²) in [6.45, 7) is 1.84. The Kier molecular flexibility index (Phi) is 8.47. The molecule has 0 unspecified atom stereocenters. The normalized spacial score (nSPS) is 13.7. The third-order valence-corrected chi connectivity index (χ3v) is 5.65. The van der Waals surface area contributed by atoms with Crippen molar-refractivity contribution in [1.29, 1.82) is 0 Å². The fraction of sp³-hybridized carbons (Fsp3) is 0.269. The van der Waals surface area contributed by atoms with Crippen LogP contribution in [0.15, 0.2) is 66.7 Å². The van der Waals surface area contributed by atoms with Crippen molar-refractivity contribution in [2.75, 3.05) is 0 Å². The molecule has 0 saturated heterocycles. The van der Waals surface area contributed by atoms with E-state index in [9.17, 15) is 35.5 Å². The topological polar surface area (TPSA) is 64.3 Å². The molecule has 0 fully saturated rings. The fourth-order valence-electron chi connectivity index (χ4n) is 3.76. The molecule has 0 saturated carbocycles. The predicted octanol–water partition coefficient (Wildman–Crippen LogP) is 6.54. The first-order valence-corrected chi connectivity index (χ1v) is 11.1. The number of carbonyl (C=O) groups is 1. The highest BCUT2D eigenvalue weighted by Crippen LogP contribution is 2.32. The van der Waals surface area contributed by atoms with E-state index < -0.39 is 47.7 Å². The molecule has 0 aliphatic carbocycles. The highest BCUT2D eigenvalue weighted by molar-refractivity contribution is 5.81. The second-order valence-corrected chi connectivity index (χ2v) is 8.44. The molecular formula is C26H23F7N2O2. The molecular weight excluding hydrogens is 505 g/mol. The Bertz CT molecular complexity index is 1210. The minimum absolute atomic E-state index is 0.123. The number of nitrogens with two attached hydrogens (primary N) is 1. The molecule has 3 N–H and O–H groups in total. The lowest BCUT2D eigenvalue weighted by atomic mass is 9.95. The maximum absolute atomic E-state index is 14.0. The first-order valence-electron chi connectivity index (χ1n) is 11.1. The molecule has 0 radical (unpaired) electrons. The minimum Gasteiger partial charge on any atom is -0.403 e. The van der Waals surface area contributed by atoms with Crippen molar-refractivity contribution in [3.63, 3.8) is 0 Å². The molecule has 37 heavy (non-hydrogen) atoms. The Labute approximate surface area is 208 Å². The zero-order valence-electron chi connectivity index (χ0n) is 19.5. The zero-order chi connectivity index (χ0) is 27.4. The van der Waals surface area contributed by atoms with E-state index in [-0.39, 0.29) is 18.4 Å². The van der Waals surface area contributed by atoms with Gasteiger partial charge in [0.15, 0.2) is 11.6 Å². The van der Waals surface area contributed by atoms with Gasteiger partial charge in [-0.3, -0.25) is 10.1 Å². The third-order valence-electron chi connectivity index (χ3n) is 5.65. The number of aryl methyl sites for hydroxylation is 2. The van der Waals surface area contributed by atoms with Gasteiger partial charge >= 0.3 is 12.5 Å². The average molecular weight is 528 g/mol. The number of amides is 1. The van der Waals surface area contributed by atoms with Gasteiger partial charge in [0, 0.05) is 6.04 Å². The molecule has 0 spiro atoms. The van der Waals surface area contributed by atoms with Crippen molar-refractivity contribution >= 4 is 5.91 Å². The average Bonchev–Trinajstić information content (AvgIpc) is 2.80. The zero-order valence-corrected chi connectivity index (χ0v) is 19.5. The Morgan fingerprint density at radius 1 is 0.919 bits per heavy atom. The van der Waals surface area contributed by atoms with E-state index in [1.54, 1.807) is 24.3 Å². The van der Waals surface area contributed by atoms with E-state index in [2.05, 4.69) is 10.1 Å². The largest absolute Gasteiger partial charge is 0.573 e. The van der Waals surface area contributed by atoms with E-state index in [1.807, 2.05) is 6.92 Å². The number of benzene rings is 3. The molecule has 11 heteroatoms. The summed E-state index contributed by atoms with van der Waals surface area (Å²) in [4.78, 5) is 12.3. The highest BCUT2D eigenvalue weighted by Gasteiger charge is 2.33. The van der Waals surface area contributed by atoms with Crippen LogP contribution in [0, 0.1) is 12.7 Å². The summed E-state index contributed by atoms with van der Waals surface area (Å²) in [6, 6.07) is 12.2. The number of halogens is 7. The van der Waals surface area contributed by atoms with E-state index in [4.69, 9.17) is 5.73 Å². The van der Waals surface area contributed by atoms with Crippen molar-refractivity contribution in [2.45, 2.75) is 44.4 Å². The smallest absolute Gasteiger partial charge is 0.403 e. The van der Waals surface area contributed by atoms with E-state index >= 15 is 0 Å². The summed E-state index contributed by atoms with van der Waals surface area (Å²) in [5, 5.41) is 3.01. The van der Waals surface area contributed by atoms with Crippen molar-refractivity contribution in [2.24, 2.45) is 5.73 Å². The fourth-order valence-corrected chi connectivity index (χ4v) is 3.76. The summed E-state index contributed by atoms with van der Waals surface area (Å²) >= 11 is 0. The summed E-state index contributed by atoms with van der Waals surface area (Å²) in [7, 11) is 0. The Morgan fingerprint density at radius 3 is 2.05 bits per heavy atom. The lowest BCUT2D eigenvalue weighted by molar-refractivity contribution is -0.275. The standard InChI is InChI=1S/C26H23F7N2O2/c1-15-2-7-17(8-3-15)23(24(34)36)35-21(13-6-16-4-10-19(11-5-16)25(28,29)30)18-9-12-20(27)22(14-18)37-26(31,32)33/h2-5,7-12,14,21,23,35H,6,13H2,1H3,(H2,34,36)/t21-,23+/m1/s1. The van der Waals surface area contributed by atoms with Crippen LogP contribution in [0.3, 0.4) is 0 Å². The molecule has 4 nitrogen and oxygen atoms in total. The van der Waals surface area contributed by atoms with Gasteiger partial charge in [0.25, 0.3) is 0 Å². The number of rotatable bonds is 9. The van der Waals surface area contributed by atoms with Crippen LogP contribution in [-0.2, 0) is 17.4 Å². The minimum atomic E-state index is -5.14. The van der Waals surface area contributed by atoms with Crippen LogP contribution in [0.1, 0.15) is 46.3 Å². The van der Waals surface area contributed by atoms with Gasteiger partial charge in [-0.2, -0.15) is 13.2 Å². The monoisotopic (exact) mass is 528 g/mol. The van der Waals surface area contributed by atoms with Gasteiger partial charge in [-0.25, -0.2) is 4.39 Å². The SMILES string of the molecule is Cc1ccc([C@H](N[C@H](CCc2ccc(C(F)(F)F)cc2)c2ccc(F)c(OC(F)(F)F)c2)C(N)=O)cc1. The van der Waals surface area contributed by atoms with Crippen molar-refractivity contribution in [3.8, 4) is 5.75 Å². The van der Waals surface area contributed by atoms with Gasteiger partial charge < -0.3 is 10.5 Å². The van der Waals surface area contributed by atoms with Crippen LogP contribution in [-0.4, -0.2) is 12.3 Å². The lowest BCUT2D eigenvalue weighted by Gasteiger charge is -2.26. The van der Waals surface area contributed by atoms with Crippen LogP contribution in [0.2, 0.25) is 0 Å². The molecule has 0 aliphatic rings. The molecule has 3 aromatic carbocycles. The highest BCUT2D eigenvalue weighted by atomic mass is 19.4. The molecule has 3 aromatic rings. The van der Waals surface area contributed by atoms with Crippen LogP contribution in [0.5, 0.6) is 5.75 Å². The van der Waals surface area contributed by atoms with Gasteiger partial charge in [-0.1, -0.05) is 48.0 Å². The Balaban J connectivity index is 1.93. The Morgan fingerprint density at radius 2 is 1.51 bits per heavy atom. The first kappa shape index (κ1) is 28.0. The number of hydrogen-bond acceptors (Lipinski definition) is 3. The maximum atomic E-state index is 14.0. The molecule has 0 aromatic heterocycles. The van der Waals surface area contributed by atoms with Gasteiger partial charge in [0.1, 0.15) is 6.04 Å². The third kappa shape index (κ3) is 7.94. The van der Waals surface area contributed by atoms with Crippen LogP contribution in [0.25, 0.3) is 0 Å². The van der Waals surface area contributed by atoms with Crippen LogP contribution >= 0.6 is 0 Å². The first-order chi connectivity index (χ1) is 17.2. The maximum Gasteiger partial charge on any atom is 0.573 e. The summed E-state index contributed by atoms with van der Waals surface area (Å²) in [6.07, 6.45) is -9.34. The summed E-state index contributed by atoms with van der Waals surface area (Å²) in [5.41, 5.74) is 6.85. The molecule has 0 bridgehead atoms. The molecule has 0 aliphatic heterocycles. The number of alkyl halides is 6. The van der Waals surface area contributed by atoms with E-state index in [0.717, 1.165) is 29.8 Å². The number of nitrogens with one attached hydrogen (secondary N) is 1. The van der Waals surface area contributed by atoms with Crippen molar-refractivity contribution < 1.29 is 40.3 Å². The van der Waals surface area contributed by atoms with Gasteiger partial charge in [0.05, 0.1) is 5.56 Å². The van der Waals surface area contributed by atoms with E-state index in [0.29, 0.717) is 11.1 Å².